The average Bonchev–Trinajstić information content (AvgIpc) is 2.96. The van der Waals surface area contributed by atoms with Gasteiger partial charge in [-0.25, -0.2) is 13.1 Å². The summed E-state index contributed by atoms with van der Waals surface area (Å²) in [5.41, 5.74) is 0.671. The first-order valence-electron chi connectivity index (χ1n) is 5.06. The number of sulfonamides is 1. The van der Waals surface area contributed by atoms with Crippen molar-refractivity contribution in [2.45, 2.75) is 6.54 Å². The molecule has 0 unspecified atom stereocenters. The van der Waals surface area contributed by atoms with Crippen molar-refractivity contribution in [1.82, 2.24) is 4.72 Å². The van der Waals surface area contributed by atoms with Crippen LogP contribution >= 0.6 is 22.7 Å². The Morgan fingerprint density at radius 3 is 2.72 bits per heavy atom. The molecule has 18 heavy (non-hydrogen) atoms. The van der Waals surface area contributed by atoms with E-state index < -0.39 is 10.0 Å². The van der Waals surface area contributed by atoms with Gasteiger partial charge in [0, 0.05) is 22.4 Å². The molecule has 2 aromatic rings. The van der Waals surface area contributed by atoms with Crippen molar-refractivity contribution in [2.75, 3.05) is 6.26 Å². The third kappa shape index (κ3) is 3.49. The monoisotopic (exact) mass is 301 g/mol. The molecule has 0 saturated carbocycles. The van der Waals surface area contributed by atoms with Crippen LogP contribution in [0.4, 0.5) is 0 Å². The largest absolute Gasteiger partial charge is 0.288 e. The van der Waals surface area contributed by atoms with E-state index in [0.717, 1.165) is 11.1 Å². The van der Waals surface area contributed by atoms with Crippen molar-refractivity contribution in [1.29, 1.82) is 0 Å². The van der Waals surface area contributed by atoms with E-state index in [-0.39, 0.29) is 12.3 Å². The van der Waals surface area contributed by atoms with E-state index in [2.05, 4.69) is 4.72 Å². The first-order chi connectivity index (χ1) is 8.46. The van der Waals surface area contributed by atoms with E-state index in [1.807, 2.05) is 5.38 Å². The van der Waals surface area contributed by atoms with Crippen LogP contribution in [0.1, 0.15) is 20.1 Å². The summed E-state index contributed by atoms with van der Waals surface area (Å²) in [7, 11) is -3.20. The van der Waals surface area contributed by atoms with Gasteiger partial charge in [0.2, 0.25) is 15.8 Å². The standard InChI is InChI=1S/C11H11NO3S3/c1-18(14,15)12-6-9-2-3-10(17-9)11(13)8-4-5-16-7-8/h2-5,7,12H,6H2,1H3. The lowest BCUT2D eigenvalue weighted by molar-refractivity contribution is 0.104. The molecule has 7 heteroatoms. The van der Waals surface area contributed by atoms with Crippen molar-refractivity contribution in [2.24, 2.45) is 0 Å². The van der Waals surface area contributed by atoms with Gasteiger partial charge in [-0.05, 0) is 23.6 Å². The Kier molecular flexibility index (Phi) is 3.96. The minimum Gasteiger partial charge on any atom is -0.288 e. The highest BCUT2D eigenvalue weighted by Crippen LogP contribution is 2.21. The molecule has 0 amide bonds. The highest BCUT2D eigenvalue weighted by Gasteiger charge is 2.12. The maximum atomic E-state index is 12.0. The predicted molar refractivity (Wildman–Crippen MR) is 73.8 cm³/mol. The molecule has 4 nitrogen and oxygen atoms in total. The molecule has 1 N–H and O–H groups in total. The third-order valence-corrected chi connectivity index (χ3v) is 4.61. The molecule has 0 aliphatic heterocycles. The molecule has 96 valence electrons. The summed E-state index contributed by atoms with van der Waals surface area (Å²) in [6, 6.07) is 5.27. The van der Waals surface area contributed by atoms with Crippen LogP contribution in [0.15, 0.2) is 29.0 Å². The Labute approximate surface area is 113 Å². The lowest BCUT2D eigenvalue weighted by atomic mass is 10.2. The van der Waals surface area contributed by atoms with Gasteiger partial charge >= 0.3 is 0 Å². The van der Waals surface area contributed by atoms with Crippen molar-refractivity contribution in [3.63, 3.8) is 0 Å². The van der Waals surface area contributed by atoms with E-state index in [1.165, 1.54) is 22.7 Å². The van der Waals surface area contributed by atoms with Crippen molar-refractivity contribution >= 4 is 38.5 Å². The molecule has 0 bridgehead atoms. The summed E-state index contributed by atoms with van der Waals surface area (Å²) in [6.07, 6.45) is 1.11. The molecule has 0 fully saturated rings. The molecule has 0 aliphatic carbocycles. The number of ketones is 1. The van der Waals surface area contributed by atoms with Crippen LogP contribution in [0.2, 0.25) is 0 Å². The van der Waals surface area contributed by atoms with Gasteiger partial charge in [-0.3, -0.25) is 4.79 Å². The molecule has 0 aliphatic rings. The zero-order valence-electron chi connectivity index (χ0n) is 9.54. The lowest BCUT2D eigenvalue weighted by Crippen LogP contribution is -2.20. The molecule has 0 atom stereocenters. The van der Waals surface area contributed by atoms with Crippen LogP contribution in [-0.4, -0.2) is 20.5 Å². The molecule has 2 rings (SSSR count). The number of hydrogen-bond acceptors (Lipinski definition) is 5. The van der Waals surface area contributed by atoms with Crippen LogP contribution in [0.25, 0.3) is 0 Å². The first kappa shape index (κ1) is 13.4. The Bertz CT molecular complexity index is 641. The van der Waals surface area contributed by atoms with Gasteiger partial charge in [0.15, 0.2) is 0 Å². The molecule has 0 radical (unpaired) electrons. The van der Waals surface area contributed by atoms with Crippen molar-refractivity contribution in [3.8, 4) is 0 Å². The first-order valence-corrected chi connectivity index (χ1v) is 8.71. The quantitative estimate of drug-likeness (QED) is 0.860. The van der Waals surface area contributed by atoms with E-state index in [1.54, 1.807) is 23.6 Å². The van der Waals surface area contributed by atoms with E-state index in [4.69, 9.17) is 0 Å². The summed E-state index contributed by atoms with van der Waals surface area (Å²) in [6.45, 7) is 0.223. The van der Waals surface area contributed by atoms with E-state index in [0.29, 0.717) is 10.4 Å². The summed E-state index contributed by atoms with van der Waals surface area (Å²) in [5, 5.41) is 3.66. The van der Waals surface area contributed by atoms with Crippen LogP contribution < -0.4 is 4.72 Å². The van der Waals surface area contributed by atoms with Crippen LogP contribution in [0, 0.1) is 0 Å². The van der Waals surface area contributed by atoms with Gasteiger partial charge in [0.1, 0.15) is 0 Å². The second-order valence-corrected chi connectivity index (χ2v) is 7.48. The summed E-state index contributed by atoms with van der Waals surface area (Å²) < 4.78 is 24.3. The number of hydrogen-bond donors (Lipinski definition) is 1. The van der Waals surface area contributed by atoms with Gasteiger partial charge in [-0.1, -0.05) is 0 Å². The smallest absolute Gasteiger partial charge is 0.209 e. The van der Waals surface area contributed by atoms with Gasteiger partial charge in [-0.15, -0.1) is 11.3 Å². The summed E-state index contributed by atoms with van der Waals surface area (Å²) >= 11 is 2.78. The molecule has 2 heterocycles. The SMILES string of the molecule is CS(=O)(=O)NCc1ccc(C(=O)c2ccsc2)s1. The van der Waals surface area contributed by atoms with Crippen LogP contribution in [-0.2, 0) is 16.6 Å². The molecule has 0 saturated heterocycles. The number of nitrogens with one attached hydrogen (secondary N) is 1. The minimum absolute atomic E-state index is 0.0214. The third-order valence-electron chi connectivity index (χ3n) is 2.18. The van der Waals surface area contributed by atoms with Gasteiger partial charge in [0.05, 0.1) is 11.1 Å². The number of rotatable bonds is 5. The zero-order valence-corrected chi connectivity index (χ0v) is 12.0. The fourth-order valence-corrected chi connectivity index (χ4v) is 3.39. The van der Waals surface area contributed by atoms with Crippen LogP contribution in [0.3, 0.4) is 0 Å². The normalized spacial score (nSPS) is 11.6. The molecular weight excluding hydrogens is 290 g/mol. The topological polar surface area (TPSA) is 63.2 Å². The summed E-state index contributed by atoms with van der Waals surface area (Å²) in [4.78, 5) is 13.4. The Hall–Kier alpha value is -1.02. The van der Waals surface area contributed by atoms with Crippen molar-refractivity contribution < 1.29 is 13.2 Å². The van der Waals surface area contributed by atoms with Crippen molar-refractivity contribution in [3.05, 3.63) is 44.3 Å². The highest BCUT2D eigenvalue weighted by atomic mass is 32.2. The Morgan fingerprint density at radius 2 is 2.11 bits per heavy atom. The fraction of sp³-hybridized carbons (Fsp3) is 0.182. The zero-order chi connectivity index (χ0) is 13.2. The van der Waals surface area contributed by atoms with E-state index in [9.17, 15) is 13.2 Å². The summed E-state index contributed by atoms with van der Waals surface area (Å²) in [5.74, 6) is -0.0214. The fourth-order valence-electron chi connectivity index (χ4n) is 1.33. The average molecular weight is 301 g/mol. The minimum atomic E-state index is -3.20. The Morgan fingerprint density at radius 1 is 1.33 bits per heavy atom. The van der Waals surface area contributed by atoms with Gasteiger partial charge in [0.25, 0.3) is 0 Å². The lowest BCUT2D eigenvalue weighted by Gasteiger charge is -1.98. The Balaban J connectivity index is 2.09. The number of carbonyl (C=O) groups is 1. The van der Waals surface area contributed by atoms with Crippen LogP contribution in [0.5, 0.6) is 0 Å². The molecule has 0 spiro atoms. The maximum Gasteiger partial charge on any atom is 0.209 e. The molecular formula is C11H11NO3S3. The van der Waals surface area contributed by atoms with Gasteiger partial charge < -0.3 is 0 Å². The second kappa shape index (κ2) is 5.31. The van der Waals surface area contributed by atoms with Gasteiger partial charge in [-0.2, -0.15) is 11.3 Å². The maximum absolute atomic E-state index is 12.0. The second-order valence-electron chi connectivity index (χ2n) is 3.70. The molecule has 0 aromatic carbocycles. The molecule has 2 aromatic heterocycles. The number of carbonyl (C=O) groups excluding carboxylic acids is 1. The highest BCUT2D eigenvalue weighted by molar-refractivity contribution is 7.88. The van der Waals surface area contributed by atoms with E-state index >= 15 is 0 Å². The number of thiophene rings is 2. The predicted octanol–water partition coefficient (Wildman–Crippen LogP) is 2.09.